The molecule has 0 spiro atoms. The number of fused-ring (bicyclic) bond motifs is 1. The number of benzene rings is 1. The first-order valence-electron chi connectivity index (χ1n) is 7.60. The number of halogens is 1. The Bertz CT molecular complexity index is 1250. The molecular formula is C18H9ClN4O3S. The Morgan fingerprint density at radius 3 is 3.04 bits per heavy atom. The monoisotopic (exact) mass is 396 g/mol. The summed E-state index contributed by atoms with van der Waals surface area (Å²) in [4.78, 5) is 17.4. The molecule has 4 aromatic rings. The number of hydrogen-bond acceptors (Lipinski definition) is 8. The third kappa shape index (κ3) is 3.33. The lowest BCUT2D eigenvalue weighted by molar-refractivity contribution is 0.588. The smallest absolute Gasteiger partial charge is 0.252 e. The van der Waals surface area contributed by atoms with E-state index in [4.69, 9.17) is 20.4 Å². The summed E-state index contributed by atoms with van der Waals surface area (Å²) < 4.78 is 11.0. The zero-order valence-electron chi connectivity index (χ0n) is 13.5. The molecule has 7 nitrogen and oxygen atoms in total. The molecule has 0 radical (unpaired) electrons. The van der Waals surface area contributed by atoms with Crippen LogP contribution in [0.4, 0.5) is 5.88 Å². The molecule has 4 rings (SSSR count). The Kier molecular flexibility index (Phi) is 4.46. The number of thiophene rings is 1. The summed E-state index contributed by atoms with van der Waals surface area (Å²) in [6, 6.07) is 10.4. The van der Waals surface area contributed by atoms with Gasteiger partial charge < -0.3 is 8.83 Å². The average molecular weight is 397 g/mol. The molecule has 132 valence electrons. The van der Waals surface area contributed by atoms with Crippen LogP contribution >= 0.6 is 22.9 Å². The number of rotatable bonds is 4. The molecule has 0 bridgehead atoms. The highest BCUT2D eigenvalue weighted by Gasteiger charge is 2.14. The van der Waals surface area contributed by atoms with Crippen molar-refractivity contribution in [1.82, 2.24) is 4.98 Å². The molecule has 3 heterocycles. The Labute approximate surface area is 161 Å². The molecule has 0 saturated heterocycles. The molecule has 0 fully saturated rings. The number of nitrogens with one attached hydrogen (secondary N) is 1. The van der Waals surface area contributed by atoms with Crippen LogP contribution in [0.3, 0.4) is 0 Å². The van der Waals surface area contributed by atoms with Crippen LogP contribution in [0.25, 0.3) is 21.7 Å². The van der Waals surface area contributed by atoms with E-state index in [2.05, 4.69) is 15.5 Å². The van der Waals surface area contributed by atoms with Crippen molar-refractivity contribution >= 4 is 46.0 Å². The molecule has 1 aromatic carbocycles. The molecule has 0 atom stereocenters. The fourth-order valence-corrected chi connectivity index (χ4v) is 3.17. The maximum Gasteiger partial charge on any atom is 0.252 e. The van der Waals surface area contributed by atoms with Crippen molar-refractivity contribution in [3.05, 3.63) is 68.5 Å². The van der Waals surface area contributed by atoms with Crippen LogP contribution in [-0.2, 0) is 0 Å². The molecule has 0 amide bonds. The van der Waals surface area contributed by atoms with E-state index < -0.39 is 0 Å². The predicted molar refractivity (Wildman–Crippen MR) is 103 cm³/mol. The molecule has 1 N–H and O–H groups in total. The zero-order chi connectivity index (χ0) is 18.8. The topological polar surface area (TPSA) is 104 Å². The molecule has 3 aromatic heterocycles. The highest BCUT2D eigenvalue weighted by molar-refractivity contribution is 7.13. The molecule has 27 heavy (non-hydrogen) atoms. The van der Waals surface area contributed by atoms with Crippen molar-refractivity contribution in [3.8, 4) is 16.8 Å². The highest BCUT2D eigenvalue weighted by Crippen LogP contribution is 2.28. The van der Waals surface area contributed by atoms with Crippen LogP contribution in [0.5, 0.6) is 0 Å². The third-order valence-corrected chi connectivity index (χ3v) is 4.69. The van der Waals surface area contributed by atoms with Crippen molar-refractivity contribution in [1.29, 1.82) is 5.26 Å². The first kappa shape index (κ1) is 17.0. The minimum atomic E-state index is -0.276. The number of oxazole rings is 1. The van der Waals surface area contributed by atoms with Gasteiger partial charge in [0, 0.05) is 5.02 Å². The summed E-state index contributed by atoms with van der Waals surface area (Å²) in [5.74, 6) is 0.407. The van der Waals surface area contributed by atoms with Gasteiger partial charge >= 0.3 is 0 Å². The van der Waals surface area contributed by atoms with Crippen LogP contribution in [0.1, 0.15) is 11.3 Å². The first-order valence-corrected chi connectivity index (χ1v) is 8.86. The minimum Gasteiger partial charge on any atom is -0.463 e. The van der Waals surface area contributed by atoms with Crippen LogP contribution in [0.2, 0.25) is 5.02 Å². The van der Waals surface area contributed by atoms with Gasteiger partial charge in [-0.2, -0.15) is 15.3 Å². The van der Waals surface area contributed by atoms with Gasteiger partial charge in [0.25, 0.3) is 5.88 Å². The summed E-state index contributed by atoms with van der Waals surface area (Å²) in [6.07, 6.45) is 2.58. The van der Waals surface area contributed by atoms with Crippen LogP contribution in [0, 0.1) is 11.3 Å². The normalized spacial score (nSPS) is 11.1. The number of hydrogen-bond donors (Lipinski definition) is 1. The number of hydrazone groups is 1. The maximum absolute atomic E-state index is 12.5. The predicted octanol–water partition coefficient (Wildman–Crippen LogP) is 4.48. The van der Waals surface area contributed by atoms with E-state index in [1.165, 1.54) is 29.9 Å². The van der Waals surface area contributed by atoms with E-state index in [1.807, 2.05) is 23.6 Å². The van der Waals surface area contributed by atoms with Gasteiger partial charge in [-0.15, -0.1) is 11.3 Å². The van der Waals surface area contributed by atoms with Gasteiger partial charge in [0.1, 0.15) is 17.9 Å². The van der Waals surface area contributed by atoms with Crippen LogP contribution in [-0.4, -0.2) is 11.2 Å². The van der Waals surface area contributed by atoms with Crippen molar-refractivity contribution in [2.24, 2.45) is 5.10 Å². The Morgan fingerprint density at radius 1 is 1.37 bits per heavy atom. The quantitative estimate of drug-likeness (QED) is 0.402. The fourth-order valence-electron chi connectivity index (χ4n) is 2.35. The second-order valence-electron chi connectivity index (χ2n) is 5.32. The van der Waals surface area contributed by atoms with Crippen molar-refractivity contribution < 1.29 is 8.83 Å². The number of nitrogens with zero attached hydrogens (tertiary/aromatic N) is 3. The molecular weight excluding hydrogens is 388 g/mol. The molecule has 0 unspecified atom stereocenters. The second kappa shape index (κ2) is 7.07. The fraction of sp³-hybridized carbons (Fsp3) is 0. The number of anilines is 1. The standard InChI is InChI=1S/C18H9ClN4O3S/c19-11-3-4-14-12(6-11)16(24)10(9-25-14)8-21-23-17-13(7-20)22-18(26-17)15-2-1-5-27-15/h1-6,8-9,23H/b21-8+. The SMILES string of the molecule is N#Cc1nc(-c2cccs2)oc1N/N=C/c1coc2ccc(Cl)cc2c1=O. The lowest BCUT2D eigenvalue weighted by Crippen LogP contribution is -2.08. The summed E-state index contributed by atoms with van der Waals surface area (Å²) in [5.41, 5.74) is 3.03. The summed E-state index contributed by atoms with van der Waals surface area (Å²) >= 11 is 7.37. The number of nitriles is 1. The lowest BCUT2D eigenvalue weighted by Gasteiger charge is -1.99. The molecule has 9 heteroatoms. The zero-order valence-corrected chi connectivity index (χ0v) is 15.0. The van der Waals surface area contributed by atoms with Gasteiger partial charge in [0.15, 0.2) is 0 Å². The number of aromatic nitrogens is 1. The van der Waals surface area contributed by atoms with E-state index in [0.29, 0.717) is 21.9 Å². The first-order chi connectivity index (χ1) is 13.2. The van der Waals surface area contributed by atoms with Gasteiger partial charge in [-0.1, -0.05) is 17.7 Å². The molecule has 0 saturated carbocycles. The van der Waals surface area contributed by atoms with Gasteiger partial charge in [0.2, 0.25) is 17.0 Å². The third-order valence-electron chi connectivity index (χ3n) is 3.60. The van der Waals surface area contributed by atoms with E-state index in [1.54, 1.807) is 12.1 Å². The Balaban J connectivity index is 1.62. The van der Waals surface area contributed by atoms with Crippen molar-refractivity contribution in [2.45, 2.75) is 0 Å². The Morgan fingerprint density at radius 2 is 2.26 bits per heavy atom. The summed E-state index contributed by atoms with van der Waals surface area (Å²) in [6.45, 7) is 0. The van der Waals surface area contributed by atoms with Crippen LogP contribution in [0.15, 0.2) is 60.7 Å². The van der Waals surface area contributed by atoms with Gasteiger partial charge in [-0.3, -0.25) is 4.79 Å². The van der Waals surface area contributed by atoms with Crippen molar-refractivity contribution in [2.75, 3.05) is 5.43 Å². The van der Waals surface area contributed by atoms with E-state index in [0.717, 1.165) is 4.88 Å². The van der Waals surface area contributed by atoms with Crippen LogP contribution < -0.4 is 10.9 Å². The van der Waals surface area contributed by atoms with E-state index in [9.17, 15) is 10.1 Å². The average Bonchev–Trinajstić information content (AvgIpc) is 3.33. The largest absolute Gasteiger partial charge is 0.463 e. The van der Waals surface area contributed by atoms with Gasteiger partial charge in [0.05, 0.1) is 22.0 Å². The second-order valence-corrected chi connectivity index (χ2v) is 6.70. The van der Waals surface area contributed by atoms with Gasteiger partial charge in [-0.25, -0.2) is 5.43 Å². The highest BCUT2D eigenvalue weighted by atomic mass is 35.5. The summed E-state index contributed by atoms with van der Waals surface area (Å²) in [5, 5.41) is 15.8. The lowest BCUT2D eigenvalue weighted by atomic mass is 10.2. The van der Waals surface area contributed by atoms with E-state index >= 15 is 0 Å². The minimum absolute atomic E-state index is 0.0628. The molecule has 0 aliphatic carbocycles. The summed E-state index contributed by atoms with van der Waals surface area (Å²) in [7, 11) is 0. The maximum atomic E-state index is 12.5. The Hall–Kier alpha value is -3.41. The van der Waals surface area contributed by atoms with E-state index in [-0.39, 0.29) is 22.6 Å². The van der Waals surface area contributed by atoms with Crippen molar-refractivity contribution in [3.63, 3.8) is 0 Å². The molecule has 0 aliphatic heterocycles. The van der Waals surface area contributed by atoms with Gasteiger partial charge in [-0.05, 0) is 29.6 Å². The molecule has 0 aliphatic rings.